The molecule has 3 nitrogen and oxygen atoms in total. The molecule has 2 aromatic carbocycles. The number of Topliss-reactive ketones (excluding diaryl/α,β-unsaturated/α-hetero) is 1. The summed E-state index contributed by atoms with van der Waals surface area (Å²) in [6.45, 7) is 0. The minimum Gasteiger partial charge on any atom is -0.478 e. The zero-order chi connectivity index (χ0) is 16.0. The number of ketones is 1. The third kappa shape index (κ3) is 2.27. The van der Waals surface area contributed by atoms with Crippen molar-refractivity contribution in [2.75, 3.05) is 0 Å². The number of carbonyl (C=O) groups excluding carboxylic acids is 1. The van der Waals surface area contributed by atoms with Crippen molar-refractivity contribution in [3.8, 4) is 0 Å². The van der Waals surface area contributed by atoms with Crippen molar-refractivity contribution in [3.63, 3.8) is 0 Å². The van der Waals surface area contributed by atoms with Gasteiger partial charge in [-0.15, -0.1) is 0 Å². The Bertz CT molecular complexity index is 805. The second-order valence-corrected chi connectivity index (χ2v) is 6.53. The Morgan fingerprint density at radius 2 is 1.91 bits per heavy atom. The van der Waals surface area contributed by atoms with Gasteiger partial charge >= 0.3 is 5.97 Å². The van der Waals surface area contributed by atoms with Crippen molar-refractivity contribution in [2.24, 2.45) is 5.92 Å². The number of benzene rings is 2. The smallest absolute Gasteiger partial charge is 0.336 e. The van der Waals surface area contributed by atoms with Crippen LogP contribution in [0.2, 0.25) is 0 Å². The van der Waals surface area contributed by atoms with E-state index in [0.717, 1.165) is 41.5 Å². The molecule has 0 spiro atoms. The van der Waals surface area contributed by atoms with Crippen LogP contribution in [0.3, 0.4) is 0 Å². The summed E-state index contributed by atoms with van der Waals surface area (Å²) in [5.41, 5.74) is 4.99. The molecule has 0 aliphatic heterocycles. The summed E-state index contributed by atoms with van der Waals surface area (Å²) in [5.74, 6) is -0.901. The molecule has 1 atom stereocenters. The van der Waals surface area contributed by atoms with Crippen LogP contribution in [-0.4, -0.2) is 16.9 Å². The minimum absolute atomic E-state index is 0.112. The molecule has 2 aromatic rings. The minimum atomic E-state index is -0.881. The molecule has 1 unspecified atom stereocenters. The maximum absolute atomic E-state index is 12.8. The van der Waals surface area contributed by atoms with Crippen molar-refractivity contribution >= 4 is 11.8 Å². The first-order valence-electron chi connectivity index (χ1n) is 8.14. The fourth-order valence-electron chi connectivity index (χ4n) is 4.10. The van der Waals surface area contributed by atoms with E-state index < -0.39 is 5.97 Å². The molecule has 116 valence electrons. The first kappa shape index (κ1) is 14.2. The molecule has 0 aromatic heterocycles. The van der Waals surface area contributed by atoms with Crippen LogP contribution in [0.5, 0.6) is 0 Å². The first-order chi connectivity index (χ1) is 11.1. The number of hydrogen-bond acceptors (Lipinski definition) is 2. The Morgan fingerprint density at radius 1 is 1.13 bits per heavy atom. The molecule has 3 heteroatoms. The fraction of sp³-hybridized carbons (Fsp3) is 0.300. The van der Waals surface area contributed by atoms with Crippen molar-refractivity contribution in [1.82, 2.24) is 0 Å². The van der Waals surface area contributed by atoms with Crippen molar-refractivity contribution in [3.05, 3.63) is 69.8 Å². The summed E-state index contributed by atoms with van der Waals surface area (Å²) in [5, 5.41) is 9.66. The lowest BCUT2D eigenvalue weighted by Gasteiger charge is -2.10. The number of rotatable bonds is 3. The van der Waals surface area contributed by atoms with Gasteiger partial charge in [-0.05, 0) is 60.4 Å². The van der Waals surface area contributed by atoms with Gasteiger partial charge in [0.25, 0.3) is 0 Å². The molecule has 0 fully saturated rings. The highest BCUT2D eigenvalue weighted by molar-refractivity contribution is 6.06. The van der Waals surface area contributed by atoms with Gasteiger partial charge in [0.15, 0.2) is 5.78 Å². The Balaban J connectivity index is 1.74. The number of carbonyl (C=O) groups is 2. The van der Waals surface area contributed by atoms with Gasteiger partial charge in [-0.25, -0.2) is 4.79 Å². The number of hydrogen-bond donors (Lipinski definition) is 1. The van der Waals surface area contributed by atoms with E-state index in [4.69, 9.17) is 0 Å². The third-order valence-corrected chi connectivity index (χ3v) is 5.13. The van der Waals surface area contributed by atoms with Gasteiger partial charge in [0.05, 0.1) is 5.56 Å². The second-order valence-electron chi connectivity index (χ2n) is 6.53. The van der Waals surface area contributed by atoms with Crippen molar-refractivity contribution < 1.29 is 14.7 Å². The maximum atomic E-state index is 12.8. The largest absolute Gasteiger partial charge is 0.478 e. The molecular weight excluding hydrogens is 288 g/mol. The molecule has 0 amide bonds. The van der Waals surface area contributed by atoms with Crippen LogP contribution in [0.4, 0.5) is 0 Å². The third-order valence-electron chi connectivity index (χ3n) is 5.13. The highest BCUT2D eigenvalue weighted by atomic mass is 16.4. The average molecular weight is 306 g/mol. The van der Waals surface area contributed by atoms with E-state index in [1.165, 1.54) is 0 Å². The molecule has 0 saturated heterocycles. The van der Waals surface area contributed by atoms with Crippen LogP contribution in [0, 0.1) is 5.92 Å². The maximum Gasteiger partial charge on any atom is 0.336 e. The molecule has 2 aliphatic carbocycles. The Morgan fingerprint density at radius 3 is 2.65 bits per heavy atom. The average Bonchev–Trinajstić information content (AvgIpc) is 3.12. The molecule has 23 heavy (non-hydrogen) atoms. The first-order valence-corrected chi connectivity index (χ1v) is 8.14. The normalized spacial score (nSPS) is 18.8. The van der Waals surface area contributed by atoms with Gasteiger partial charge in [0.1, 0.15) is 0 Å². The second kappa shape index (κ2) is 5.34. The fourth-order valence-corrected chi connectivity index (χ4v) is 4.10. The van der Waals surface area contributed by atoms with Gasteiger partial charge in [0.2, 0.25) is 0 Å². The Kier molecular flexibility index (Phi) is 3.29. The molecule has 4 rings (SSSR count). The lowest BCUT2D eigenvalue weighted by atomic mass is 9.94. The summed E-state index contributed by atoms with van der Waals surface area (Å²) in [6.07, 6.45) is 3.93. The van der Waals surface area contributed by atoms with Gasteiger partial charge in [0, 0.05) is 11.5 Å². The van der Waals surface area contributed by atoms with Gasteiger partial charge in [-0.3, -0.25) is 4.79 Å². The van der Waals surface area contributed by atoms with E-state index in [1.807, 2.05) is 36.4 Å². The summed E-state index contributed by atoms with van der Waals surface area (Å²) < 4.78 is 0. The summed E-state index contributed by atoms with van der Waals surface area (Å²) >= 11 is 0. The number of fused-ring (bicyclic) bond motifs is 2. The lowest BCUT2D eigenvalue weighted by molar-refractivity contribution is 0.0694. The van der Waals surface area contributed by atoms with E-state index in [1.54, 1.807) is 0 Å². The highest BCUT2D eigenvalue weighted by Gasteiger charge is 2.36. The topological polar surface area (TPSA) is 54.4 Å². The molecule has 0 heterocycles. The van der Waals surface area contributed by atoms with Gasteiger partial charge in [-0.2, -0.15) is 0 Å². The molecule has 0 saturated carbocycles. The van der Waals surface area contributed by atoms with E-state index in [9.17, 15) is 14.7 Å². The molecule has 1 N–H and O–H groups in total. The van der Waals surface area contributed by atoms with Crippen molar-refractivity contribution in [2.45, 2.75) is 32.1 Å². The van der Waals surface area contributed by atoms with Crippen LogP contribution in [0.25, 0.3) is 0 Å². The van der Waals surface area contributed by atoms with Crippen LogP contribution in [0.1, 0.15) is 49.4 Å². The van der Waals surface area contributed by atoms with E-state index in [-0.39, 0.29) is 11.7 Å². The molecular formula is C20H18O3. The van der Waals surface area contributed by atoms with Gasteiger partial charge in [-0.1, -0.05) is 30.3 Å². The molecule has 0 bridgehead atoms. The molecule has 2 aliphatic rings. The van der Waals surface area contributed by atoms with Crippen LogP contribution in [0.15, 0.2) is 36.4 Å². The SMILES string of the molecule is O=C(O)c1c2c(cc3c1CC(Cc1ccccc1)C3=O)CCC2. The monoisotopic (exact) mass is 306 g/mol. The van der Waals surface area contributed by atoms with E-state index in [0.29, 0.717) is 24.0 Å². The summed E-state index contributed by atoms with van der Waals surface area (Å²) in [4.78, 5) is 24.6. The van der Waals surface area contributed by atoms with Crippen LogP contribution in [-0.2, 0) is 25.7 Å². The Labute approximate surface area is 135 Å². The van der Waals surface area contributed by atoms with Crippen LogP contribution >= 0.6 is 0 Å². The number of carboxylic acid groups (broad SMARTS) is 1. The highest BCUT2D eigenvalue weighted by Crippen LogP contribution is 2.38. The van der Waals surface area contributed by atoms with E-state index in [2.05, 4.69) is 0 Å². The zero-order valence-corrected chi connectivity index (χ0v) is 12.8. The zero-order valence-electron chi connectivity index (χ0n) is 12.8. The molecule has 0 radical (unpaired) electrons. The number of carboxylic acids is 1. The van der Waals surface area contributed by atoms with E-state index >= 15 is 0 Å². The number of aromatic carboxylic acids is 1. The Hall–Kier alpha value is -2.42. The quantitative estimate of drug-likeness (QED) is 0.944. The predicted molar refractivity (Wildman–Crippen MR) is 87.1 cm³/mol. The standard InChI is InChI=1S/C20H18O3/c21-19-14(9-12-5-2-1-3-6-12)11-16-17(19)10-13-7-4-8-15(13)18(16)20(22)23/h1-3,5-6,10,14H,4,7-9,11H2,(H,22,23). The summed E-state index contributed by atoms with van der Waals surface area (Å²) in [7, 11) is 0. The van der Waals surface area contributed by atoms with Gasteiger partial charge < -0.3 is 5.11 Å². The van der Waals surface area contributed by atoms with Crippen LogP contribution < -0.4 is 0 Å². The lowest BCUT2D eigenvalue weighted by Crippen LogP contribution is -2.12. The summed E-state index contributed by atoms with van der Waals surface area (Å²) in [6, 6.07) is 11.9. The number of aryl methyl sites for hydroxylation is 1. The predicted octanol–water partition coefficient (Wildman–Crippen LogP) is 3.47. The van der Waals surface area contributed by atoms with Crippen molar-refractivity contribution in [1.29, 1.82) is 0 Å².